The molecule has 3 unspecified atom stereocenters. The van der Waals surface area contributed by atoms with E-state index < -0.39 is 28.7 Å². The van der Waals surface area contributed by atoms with Crippen LogP contribution >= 0.6 is 0 Å². The van der Waals surface area contributed by atoms with E-state index in [0.29, 0.717) is 41.9 Å². The normalized spacial score (nSPS) is 32.5. The summed E-state index contributed by atoms with van der Waals surface area (Å²) in [6.07, 6.45) is 8.61. The number of aromatic nitrogens is 4. The molecule has 3 atom stereocenters. The number of hydrogen-bond acceptors (Lipinski definition) is 8. The summed E-state index contributed by atoms with van der Waals surface area (Å²) in [5, 5.41) is 36.5. The van der Waals surface area contributed by atoms with Crippen molar-refractivity contribution in [1.29, 1.82) is 5.26 Å². The zero-order valence-corrected chi connectivity index (χ0v) is 20.5. The zero-order chi connectivity index (χ0) is 26.4. The molecule has 1 amide bonds. The van der Waals surface area contributed by atoms with Gasteiger partial charge in [-0.05, 0) is 48.4 Å². The number of amides is 1. The predicted octanol–water partition coefficient (Wildman–Crippen LogP) is 1.27. The topological polar surface area (TPSA) is 154 Å². The summed E-state index contributed by atoms with van der Waals surface area (Å²) in [6, 6.07) is 5.55. The van der Waals surface area contributed by atoms with Crippen LogP contribution in [0, 0.1) is 22.7 Å². The van der Waals surface area contributed by atoms with Crippen LogP contribution in [-0.4, -0.2) is 54.3 Å². The Kier molecular flexibility index (Phi) is 3.84. The van der Waals surface area contributed by atoms with Gasteiger partial charge in [0.25, 0.3) is 5.91 Å². The van der Waals surface area contributed by atoms with Gasteiger partial charge in [0.05, 0.1) is 28.9 Å². The third-order valence-corrected chi connectivity index (χ3v) is 9.44. The minimum atomic E-state index is -2.92. The van der Waals surface area contributed by atoms with Crippen LogP contribution in [0.1, 0.15) is 55.2 Å². The second-order valence-electron chi connectivity index (χ2n) is 11.5. The number of carbonyl (C=O) groups excluding carboxylic acids is 1. The molecule has 11 heteroatoms. The molecule has 3 aliphatic carbocycles. The molecule has 4 aliphatic heterocycles. The predicted molar refractivity (Wildman–Crippen MR) is 134 cm³/mol. The molecule has 10 bridgehead atoms. The molecule has 1 saturated heterocycles. The Morgan fingerprint density at radius 2 is 2.00 bits per heavy atom. The van der Waals surface area contributed by atoms with Crippen molar-refractivity contribution >= 4 is 19.3 Å². The van der Waals surface area contributed by atoms with Gasteiger partial charge in [0.1, 0.15) is 5.82 Å². The van der Waals surface area contributed by atoms with E-state index in [1.165, 1.54) is 0 Å². The number of pyridine rings is 1. The second-order valence-corrected chi connectivity index (χ2v) is 11.5. The highest BCUT2D eigenvalue weighted by Gasteiger charge is 2.59. The molecule has 2 fully saturated rings. The molecule has 2 radical (unpaired) electrons. The molecule has 1 saturated carbocycles. The molecular weight excluding hydrogens is 481 g/mol. The number of nitrogens with zero attached hydrogens (tertiary/aromatic N) is 6. The lowest BCUT2D eigenvalue weighted by molar-refractivity contribution is -0.211. The van der Waals surface area contributed by atoms with Gasteiger partial charge in [-0.25, -0.2) is 14.5 Å². The van der Waals surface area contributed by atoms with Crippen LogP contribution in [0.5, 0.6) is 0 Å². The van der Waals surface area contributed by atoms with E-state index in [2.05, 4.69) is 16.0 Å². The van der Waals surface area contributed by atoms with Crippen LogP contribution in [0.3, 0.4) is 0 Å². The first kappa shape index (κ1) is 22.2. The highest BCUT2D eigenvalue weighted by molar-refractivity contribution is 6.15. The number of nitriles is 1. The molecule has 3 aromatic heterocycles. The highest BCUT2D eigenvalue weighted by Crippen LogP contribution is 2.63. The number of likely N-dealkylation sites (tertiary alicyclic amines) is 1. The molecule has 186 valence electrons. The summed E-state index contributed by atoms with van der Waals surface area (Å²) in [6.45, 7) is 1.96. The first-order valence-corrected chi connectivity index (χ1v) is 12.6. The van der Waals surface area contributed by atoms with Crippen molar-refractivity contribution in [3.63, 3.8) is 0 Å². The summed E-state index contributed by atoms with van der Waals surface area (Å²) in [5.41, 5.74) is 10.5. The third kappa shape index (κ3) is 2.48. The molecule has 10 rings (SSSR count). The first-order valence-electron chi connectivity index (χ1n) is 12.6. The number of allylic oxidation sites excluding steroid dienone is 2. The average Bonchev–Trinajstić information content (AvgIpc) is 3.47. The van der Waals surface area contributed by atoms with Gasteiger partial charge in [-0.3, -0.25) is 9.69 Å². The number of nitrogens with two attached hydrogens (primary N) is 1. The summed E-state index contributed by atoms with van der Waals surface area (Å²) in [5.74, 6) is -3.39. The summed E-state index contributed by atoms with van der Waals surface area (Å²) < 4.78 is 1.72. The van der Waals surface area contributed by atoms with Gasteiger partial charge in [-0.15, -0.1) is 0 Å². The molecule has 0 spiro atoms. The fourth-order valence-corrected chi connectivity index (χ4v) is 7.53. The van der Waals surface area contributed by atoms with Gasteiger partial charge < -0.3 is 15.9 Å². The van der Waals surface area contributed by atoms with Gasteiger partial charge >= 0.3 is 0 Å². The molecule has 7 heterocycles. The first-order chi connectivity index (χ1) is 18.0. The Hall–Kier alpha value is -3.85. The molecule has 7 aliphatic rings. The lowest BCUT2D eigenvalue weighted by atomic mass is 9.56. The number of aliphatic hydroxyl groups is 2. The number of carbonyl (C=O) groups is 1. The van der Waals surface area contributed by atoms with E-state index in [4.69, 9.17) is 18.7 Å². The Morgan fingerprint density at radius 3 is 2.68 bits per heavy atom. The van der Waals surface area contributed by atoms with Crippen molar-refractivity contribution in [2.45, 2.75) is 49.5 Å². The monoisotopic (exact) mass is 503 g/mol. The number of rotatable bonds is 1. The van der Waals surface area contributed by atoms with Gasteiger partial charge in [0.15, 0.2) is 13.7 Å². The Bertz CT molecular complexity index is 1720. The van der Waals surface area contributed by atoms with Gasteiger partial charge in [0, 0.05) is 52.2 Å². The Morgan fingerprint density at radius 1 is 1.26 bits per heavy atom. The molecular formula is C27H22BN7O3. The zero-order valence-electron chi connectivity index (χ0n) is 20.5. The lowest BCUT2D eigenvalue weighted by Crippen LogP contribution is -2.54. The van der Waals surface area contributed by atoms with Gasteiger partial charge in [0.2, 0.25) is 0 Å². The number of hydrogen-bond donors (Lipinski definition) is 3. The van der Waals surface area contributed by atoms with E-state index in [9.17, 15) is 20.3 Å². The Balaban J connectivity index is 1.49. The van der Waals surface area contributed by atoms with Crippen molar-refractivity contribution in [3.8, 4) is 17.2 Å². The van der Waals surface area contributed by atoms with Crippen molar-refractivity contribution in [1.82, 2.24) is 24.5 Å². The third-order valence-electron chi connectivity index (χ3n) is 9.44. The van der Waals surface area contributed by atoms with E-state index >= 15 is 0 Å². The maximum atomic E-state index is 14.0. The van der Waals surface area contributed by atoms with E-state index in [0.717, 1.165) is 27.1 Å². The maximum absolute atomic E-state index is 14.0. The minimum absolute atomic E-state index is 0.0421. The standard InChI is InChI=1S/C27H22BN7O3/c1-25-8-16-20(17(25)9-29)15-5-19(35(23(16)36)27(28,37)38)22-21(15)18-4-12(2-3-34(18)33-22)13-10-31-24(32-11-13)26(30)6-14(25)7-26/h2-4,8,10-11,14-15,19,37-38H,5-7,30H2,1H3. The van der Waals surface area contributed by atoms with E-state index in [1.807, 2.05) is 31.3 Å². The SMILES string of the molecule is [B]C(O)(O)N1C(=O)C2=CC3(C)C(C#N)=C2C2CC1c1nn4ccc(cc4c12)-c1cnc(nc1)C1(N)CC3C1. The van der Waals surface area contributed by atoms with Crippen LogP contribution in [0.15, 0.2) is 53.5 Å². The Labute approximate surface area is 218 Å². The van der Waals surface area contributed by atoms with E-state index in [-0.39, 0.29) is 17.4 Å². The average molecular weight is 503 g/mol. The van der Waals surface area contributed by atoms with Crippen LogP contribution in [-0.2, 0) is 10.3 Å². The fourth-order valence-electron chi connectivity index (χ4n) is 7.53. The summed E-state index contributed by atoms with van der Waals surface area (Å²) >= 11 is 0. The van der Waals surface area contributed by atoms with Crippen LogP contribution in [0.25, 0.3) is 16.6 Å². The lowest BCUT2D eigenvalue weighted by Gasteiger charge is -2.50. The van der Waals surface area contributed by atoms with Gasteiger partial charge in [-0.2, -0.15) is 10.4 Å². The second kappa shape index (κ2) is 6.58. The molecule has 10 nitrogen and oxygen atoms in total. The molecule has 0 aromatic carbocycles. The van der Waals surface area contributed by atoms with Crippen LogP contribution in [0.4, 0.5) is 0 Å². The molecule has 38 heavy (non-hydrogen) atoms. The minimum Gasteiger partial charge on any atom is -0.358 e. The van der Waals surface area contributed by atoms with Crippen LogP contribution in [0.2, 0.25) is 0 Å². The molecule has 3 aromatic rings. The molecule has 4 N–H and O–H groups in total. The number of fused-ring (bicyclic) bond motifs is 3. The summed E-state index contributed by atoms with van der Waals surface area (Å²) in [7, 11) is 5.79. The largest absolute Gasteiger partial charge is 0.358 e. The van der Waals surface area contributed by atoms with Crippen molar-refractivity contribution in [2.75, 3.05) is 0 Å². The van der Waals surface area contributed by atoms with E-state index in [1.54, 1.807) is 16.9 Å². The van der Waals surface area contributed by atoms with Gasteiger partial charge in [-0.1, -0.05) is 13.0 Å². The summed E-state index contributed by atoms with van der Waals surface area (Å²) in [4.78, 5) is 24.1. The van der Waals surface area contributed by atoms with Crippen LogP contribution < -0.4 is 5.73 Å². The quantitative estimate of drug-likeness (QED) is 0.332. The maximum Gasteiger partial charge on any atom is 0.257 e. The van der Waals surface area contributed by atoms with Crippen molar-refractivity contribution < 1.29 is 15.0 Å². The fraction of sp³-hybridized carbons (Fsp3) is 0.370. The van der Waals surface area contributed by atoms with Crippen molar-refractivity contribution in [2.24, 2.45) is 17.1 Å². The van der Waals surface area contributed by atoms with Crippen molar-refractivity contribution in [3.05, 3.63) is 70.6 Å². The smallest absolute Gasteiger partial charge is 0.257 e. The highest BCUT2D eigenvalue weighted by atomic mass is 16.5.